The first kappa shape index (κ1) is 21.4. The van der Waals surface area contributed by atoms with E-state index in [1.54, 1.807) is 4.68 Å². The van der Waals surface area contributed by atoms with Crippen LogP contribution in [0.1, 0.15) is 61.6 Å². The first-order chi connectivity index (χ1) is 11.4. The number of carbonyl (C=O) groups is 2. The fraction of sp³-hybridized carbons (Fsp3) is 0.706. The molecule has 1 unspecified atom stereocenters. The van der Waals surface area contributed by atoms with Gasteiger partial charge in [0.1, 0.15) is 0 Å². The van der Waals surface area contributed by atoms with Crippen LogP contribution < -0.4 is 11.1 Å². The number of nitrogens with two attached hydrogens (primary N) is 1. The van der Waals surface area contributed by atoms with E-state index in [0.717, 1.165) is 25.0 Å². The second-order valence-electron chi connectivity index (χ2n) is 6.72. The van der Waals surface area contributed by atoms with Crippen LogP contribution in [-0.4, -0.2) is 52.2 Å². The molecule has 1 aromatic rings. The topological polar surface area (TPSA) is 93.2 Å². The Hall–Kier alpha value is -1.60. The van der Waals surface area contributed by atoms with Crippen molar-refractivity contribution in [2.24, 2.45) is 12.8 Å². The molecule has 0 spiro atoms. The van der Waals surface area contributed by atoms with Crippen molar-refractivity contribution >= 4 is 24.2 Å². The van der Waals surface area contributed by atoms with Crippen LogP contribution in [0.3, 0.4) is 0 Å². The van der Waals surface area contributed by atoms with Crippen molar-refractivity contribution < 1.29 is 9.59 Å². The minimum absolute atomic E-state index is 0. The van der Waals surface area contributed by atoms with Crippen LogP contribution in [0.4, 0.5) is 0 Å². The predicted octanol–water partition coefficient (Wildman–Crippen LogP) is 1.43. The molecule has 1 saturated heterocycles. The van der Waals surface area contributed by atoms with Crippen molar-refractivity contribution in [1.29, 1.82) is 0 Å². The highest BCUT2D eigenvalue weighted by Crippen LogP contribution is 2.21. The summed E-state index contributed by atoms with van der Waals surface area (Å²) >= 11 is 0. The molecule has 0 bridgehead atoms. The van der Waals surface area contributed by atoms with E-state index in [1.807, 2.05) is 18.0 Å². The minimum Gasteiger partial charge on any atom is -0.354 e. The van der Waals surface area contributed by atoms with Crippen LogP contribution in [0.15, 0.2) is 6.07 Å². The van der Waals surface area contributed by atoms with Gasteiger partial charge in [-0.2, -0.15) is 5.10 Å². The van der Waals surface area contributed by atoms with E-state index < -0.39 is 0 Å². The van der Waals surface area contributed by atoms with Crippen LogP contribution in [0.2, 0.25) is 0 Å². The first-order valence-electron chi connectivity index (χ1n) is 8.75. The molecule has 0 radical (unpaired) electrons. The zero-order valence-electron chi connectivity index (χ0n) is 15.3. The van der Waals surface area contributed by atoms with E-state index in [0.29, 0.717) is 37.7 Å². The number of carbonyl (C=O) groups excluding carboxylic acids is 2. The lowest BCUT2D eigenvalue weighted by Crippen LogP contribution is -2.49. The van der Waals surface area contributed by atoms with Crippen molar-refractivity contribution in [2.75, 3.05) is 19.6 Å². The summed E-state index contributed by atoms with van der Waals surface area (Å²) in [4.78, 5) is 26.4. The average molecular weight is 372 g/mol. The molecule has 7 nitrogen and oxygen atoms in total. The number of piperidine rings is 1. The third-order valence-electron chi connectivity index (χ3n) is 4.52. The number of halogens is 1. The largest absolute Gasteiger partial charge is 0.354 e. The lowest BCUT2D eigenvalue weighted by atomic mass is 10.0. The Labute approximate surface area is 155 Å². The molecule has 2 amide bonds. The molecule has 2 heterocycles. The van der Waals surface area contributed by atoms with Crippen molar-refractivity contribution in [2.45, 2.75) is 51.5 Å². The van der Waals surface area contributed by atoms with Gasteiger partial charge < -0.3 is 16.0 Å². The number of aryl methyl sites for hydroxylation is 1. The van der Waals surface area contributed by atoms with Gasteiger partial charge in [-0.15, -0.1) is 12.4 Å². The monoisotopic (exact) mass is 371 g/mol. The fourth-order valence-electron chi connectivity index (χ4n) is 3.20. The summed E-state index contributed by atoms with van der Waals surface area (Å²) in [5.74, 6) is 0.211. The lowest BCUT2D eigenvalue weighted by molar-refractivity contribution is -0.121. The van der Waals surface area contributed by atoms with Gasteiger partial charge >= 0.3 is 0 Å². The maximum Gasteiger partial charge on any atom is 0.274 e. The predicted molar refractivity (Wildman–Crippen MR) is 99.9 cm³/mol. The molecule has 142 valence electrons. The number of nitrogens with one attached hydrogen (secondary N) is 1. The highest BCUT2D eigenvalue weighted by Gasteiger charge is 2.29. The summed E-state index contributed by atoms with van der Waals surface area (Å²) in [7, 11) is 1.87. The Morgan fingerprint density at radius 2 is 2.12 bits per heavy atom. The van der Waals surface area contributed by atoms with E-state index in [1.165, 1.54) is 0 Å². The molecular formula is C17H30ClN5O2. The van der Waals surface area contributed by atoms with Gasteiger partial charge in [-0.25, -0.2) is 0 Å². The second-order valence-corrected chi connectivity index (χ2v) is 6.72. The second kappa shape index (κ2) is 9.77. The molecule has 8 heteroatoms. The van der Waals surface area contributed by atoms with E-state index >= 15 is 0 Å². The van der Waals surface area contributed by atoms with Crippen molar-refractivity contribution in [3.8, 4) is 0 Å². The Morgan fingerprint density at radius 1 is 1.40 bits per heavy atom. The van der Waals surface area contributed by atoms with Gasteiger partial charge in [-0.1, -0.05) is 13.8 Å². The number of hydrogen-bond acceptors (Lipinski definition) is 4. The first-order valence-corrected chi connectivity index (χ1v) is 8.75. The molecule has 3 N–H and O–H groups in total. The summed E-state index contributed by atoms with van der Waals surface area (Å²) in [5, 5.41) is 7.27. The summed E-state index contributed by atoms with van der Waals surface area (Å²) in [6.45, 7) is 5.70. The summed E-state index contributed by atoms with van der Waals surface area (Å²) < 4.78 is 1.78. The summed E-state index contributed by atoms with van der Waals surface area (Å²) in [6.07, 6.45) is 3.28. The molecule has 1 aliphatic heterocycles. The standard InChI is InChI=1S/C17H29N5O2.ClH/c1-12(2)15-10-14(20-21(15)3)17(24)22-9-5-4-6-13(22)11-19-16(23)7-8-18;/h10,12-13H,4-9,11,18H2,1-3H3,(H,19,23);1H. The average Bonchev–Trinajstić information content (AvgIpc) is 2.95. The van der Waals surface area contributed by atoms with Crippen LogP contribution in [-0.2, 0) is 11.8 Å². The number of amides is 2. The molecule has 0 saturated carbocycles. The molecule has 1 aliphatic rings. The van der Waals surface area contributed by atoms with Gasteiger partial charge in [0.25, 0.3) is 5.91 Å². The Balaban J connectivity index is 0.00000312. The van der Waals surface area contributed by atoms with Gasteiger partial charge in [-0.3, -0.25) is 14.3 Å². The number of likely N-dealkylation sites (tertiary alicyclic amines) is 1. The molecular weight excluding hydrogens is 342 g/mol. The highest BCUT2D eigenvalue weighted by atomic mass is 35.5. The zero-order valence-corrected chi connectivity index (χ0v) is 16.1. The summed E-state index contributed by atoms with van der Waals surface area (Å²) in [5.41, 5.74) is 6.93. The Bertz CT molecular complexity index is 588. The van der Waals surface area contributed by atoms with Crippen molar-refractivity contribution in [3.63, 3.8) is 0 Å². The van der Waals surface area contributed by atoms with Gasteiger partial charge in [0.05, 0.1) is 0 Å². The quantitative estimate of drug-likeness (QED) is 0.790. The third-order valence-corrected chi connectivity index (χ3v) is 4.52. The van der Waals surface area contributed by atoms with Crippen molar-refractivity contribution in [1.82, 2.24) is 20.0 Å². The number of nitrogens with zero attached hydrogens (tertiary/aromatic N) is 3. The molecule has 0 aromatic carbocycles. The van der Waals surface area contributed by atoms with Crippen LogP contribution in [0, 0.1) is 0 Å². The number of hydrogen-bond donors (Lipinski definition) is 2. The zero-order chi connectivity index (χ0) is 17.7. The summed E-state index contributed by atoms with van der Waals surface area (Å²) in [6, 6.07) is 1.91. The molecule has 1 fully saturated rings. The molecule has 0 aliphatic carbocycles. The molecule has 25 heavy (non-hydrogen) atoms. The highest BCUT2D eigenvalue weighted by molar-refractivity contribution is 5.92. The van der Waals surface area contributed by atoms with Crippen LogP contribution in [0.25, 0.3) is 0 Å². The molecule has 1 atom stereocenters. The molecule has 1 aromatic heterocycles. The maximum absolute atomic E-state index is 12.9. The Morgan fingerprint density at radius 3 is 2.72 bits per heavy atom. The lowest BCUT2D eigenvalue weighted by Gasteiger charge is -2.35. The molecule has 2 rings (SSSR count). The van der Waals surface area contributed by atoms with E-state index in [-0.39, 0.29) is 30.3 Å². The van der Waals surface area contributed by atoms with Gasteiger partial charge in [0.15, 0.2) is 5.69 Å². The van der Waals surface area contributed by atoms with Gasteiger partial charge in [0.2, 0.25) is 5.91 Å². The van der Waals surface area contributed by atoms with Crippen LogP contribution >= 0.6 is 12.4 Å². The van der Waals surface area contributed by atoms with E-state index in [9.17, 15) is 9.59 Å². The fourth-order valence-corrected chi connectivity index (χ4v) is 3.20. The van der Waals surface area contributed by atoms with Crippen LogP contribution in [0.5, 0.6) is 0 Å². The van der Waals surface area contributed by atoms with E-state index in [4.69, 9.17) is 5.73 Å². The van der Waals surface area contributed by atoms with Gasteiger partial charge in [0, 0.05) is 44.8 Å². The van der Waals surface area contributed by atoms with E-state index in [2.05, 4.69) is 24.3 Å². The van der Waals surface area contributed by atoms with Crippen molar-refractivity contribution in [3.05, 3.63) is 17.5 Å². The third kappa shape index (κ3) is 5.44. The maximum atomic E-state index is 12.9. The van der Waals surface area contributed by atoms with Gasteiger partial charge in [-0.05, 0) is 31.2 Å². The normalized spacial score (nSPS) is 17.3. The SMILES string of the molecule is CC(C)c1cc(C(=O)N2CCCCC2CNC(=O)CCN)nn1C.Cl. The number of aromatic nitrogens is 2. The number of rotatable bonds is 6. The Kier molecular flexibility index (Phi) is 8.38. The minimum atomic E-state index is -0.0598. The smallest absolute Gasteiger partial charge is 0.274 e.